The van der Waals surface area contributed by atoms with E-state index in [4.69, 9.17) is 9.47 Å². The third-order valence-electron chi connectivity index (χ3n) is 5.70. The van der Waals surface area contributed by atoms with Gasteiger partial charge in [0.25, 0.3) is 0 Å². The van der Waals surface area contributed by atoms with Gasteiger partial charge in [-0.1, -0.05) is 36.4 Å². The van der Waals surface area contributed by atoms with Crippen molar-refractivity contribution in [2.45, 2.75) is 39.0 Å². The molecule has 2 aromatic rings. The molecule has 0 amide bonds. The Hall–Kier alpha value is -1.84. The summed E-state index contributed by atoms with van der Waals surface area (Å²) in [5, 5.41) is 6.96. The quantitative estimate of drug-likeness (QED) is 0.261. The van der Waals surface area contributed by atoms with Crippen molar-refractivity contribution in [1.29, 1.82) is 0 Å². The fraction of sp³-hybridized carbons (Fsp3) is 0.480. The van der Waals surface area contributed by atoms with Crippen LogP contribution in [0.4, 0.5) is 0 Å². The fourth-order valence-electron chi connectivity index (χ4n) is 3.93. The van der Waals surface area contributed by atoms with E-state index in [1.54, 1.807) is 7.11 Å². The highest BCUT2D eigenvalue weighted by Gasteiger charge is 2.24. The molecule has 1 heterocycles. The van der Waals surface area contributed by atoms with Crippen LogP contribution >= 0.6 is 24.0 Å². The molecule has 3 rings (SSSR count). The highest BCUT2D eigenvalue weighted by Crippen LogP contribution is 2.27. The summed E-state index contributed by atoms with van der Waals surface area (Å²) in [6.45, 7) is 7.18. The highest BCUT2D eigenvalue weighted by atomic mass is 127. The maximum Gasteiger partial charge on any atom is 0.191 e. The molecule has 2 aromatic carbocycles. The molecule has 0 spiro atoms. The summed E-state index contributed by atoms with van der Waals surface area (Å²) in [4.78, 5) is 6.97. The van der Waals surface area contributed by atoms with E-state index in [9.17, 15) is 0 Å². The second kappa shape index (κ2) is 14.3. The Morgan fingerprint density at radius 2 is 1.78 bits per heavy atom. The van der Waals surface area contributed by atoms with Crippen LogP contribution in [0.5, 0.6) is 5.75 Å². The number of rotatable bonds is 10. The normalized spacial score (nSPS) is 15.2. The summed E-state index contributed by atoms with van der Waals surface area (Å²) in [6, 6.07) is 17.2. The number of nitrogens with one attached hydrogen (secondary N) is 2. The number of nitrogens with zero attached hydrogens (tertiary/aromatic N) is 2. The van der Waals surface area contributed by atoms with Crippen molar-refractivity contribution in [1.82, 2.24) is 15.5 Å². The topological polar surface area (TPSA) is 58.1 Å². The van der Waals surface area contributed by atoms with Gasteiger partial charge in [0, 0.05) is 26.7 Å². The van der Waals surface area contributed by atoms with Crippen molar-refractivity contribution in [3.8, 4) is 5.75 Å². The molecule has 7 heteroatoms. The summed E-state index contributed by atoms with van der Waals surface area (Å²) in [5.74, 6) is 1.71. The molecule has 1 aliphatic rings. The Morgan fingerprint density at radius 1 is 1.06 bits per heavy atom. The van der Waals surface area contributed by atoms with Gasteiger partial charge >= 0.3 is 0 Å². The van der Waals surface area contributed by atoms with E-state index >= 15 is 0 Å². The van der Waals surface area contributed by atoms with Crippen molar-refractivity contribution >= 4 is 29.9 Å². The average molecular weight is 553 g/mol. The van der Waals surface area contributed by atoms with Crippen LogP contribution in [0, 0.1) is 0 Å². The van der Waals surface area contributed by atoms with Gasteiger partial charge in [0.1, 0.15) is 5.75 Å². The van der Waals surface area contributed by atoms with Crippen LogP contribution in [0.1, 0.15) is 42.5 Å². The summed E-state index contributed by atoms with van der Waals surface area (Å²) in [6.07, 6.45) is 2.51. The third-order valence-corrected chi connectivity index (χ3v) is 5.70. The molecule has 0 bridgehead atoms. The molecule has 1 fully saturated rings. The number of hydrogen-bond donors (Lipinski definition) is 2. The van der Waals surface area contributed by atoms with Crippen molar-refractivity contribution < 1.29 is 9.47 Å². The molecular formula is C25H37IN4O2. The highest BCUT2D eigenvalue weighted by molar-refractivity contribution is 14.0. The molecule has 6 nitrogen and oxygen atoms in total. The van der Waals surface area contributed by atoms with Gasteiger partial charge in [-0.05, 0) is 61.7 Å². The Balaban J connectivity index is 0.00000363. The van der Waals surface area contributed by atoms with E-state index in [0.29, 0.717) is 6.61 Å². The summed E-state index contributed by atoms with van der Waals surface area (Å²) in [7, 11) is 3.54. The minimum atomic E-state index is 0. The largest absolute Gasteiger partial charge is 0.497 e. The molecule has 1 atom stereocenters. The van der Waals surface area contributed by atoms with E-state index in [1.807, 2.05) is 20.0 Å². The number of methoxy groups -OCH3 is 1. The maximum absolute atomic E-state index is 5.47. The molecule has 1 saturated heterocycles. The minimum absolute atomic E-state index is 0. The van der Waals surface area contributed by atoms with E-state index < -0.39 is 0 Å². The van der Waals surface area contributed by atoms with Crippen LogP contribution in [-0.2, 0) is 17.9 Å². The van der Waals surface area contributed by atoms with Crippen molar-refractivity contribution in [3.05, 3.63) is 65.2 Å². The number of likely N-dealkylation sites (tertiary alicyclic amines) is 1. The Kier molecular flexibility index (Phi) is 11.8. The summed E-state index contributed by atoms with van der Waals surface area (Å²) in [5.41, 5.74) is 3.68. The van der Waals surface area contributed by atoms with Crippen LogP contribution in [0.3, 0.4) is 0 Å². The van der Waals surface area contributed by atoms with E-state index in [0.717, 1.165) is 44.5 Å². The molecule has 0 aliphatic carbocycles. The molecular weight excluding hydrogens is 515 g/mol. The molecule has 2 N–H and O–H groups in total. The van der Waals surface area contributed by atoms with Crippen molar-refractivity contribution in [2.24, 2.45) is 4.99 Å². The molecule has 1 unspecified atom stereocenters. The van der Waals surface area contributed by atoms with Crippen LogP contribution in [-0.4, -0.2) is 51.3 Å². The fourth-order valence-corrected chi connectivity index (χ4v) is 3.93. The van der Waals surface area contributed by atoms with Gasteiger partial charge in [0.2, 0.25) is 0 Å². The third kappa shape index (κ3) is 7.94. The smallest absolute Gasteiger partial charge is 0.191 e. The first-order valence-corrected chi connectivity index (χ1v) is 11.2. The van der Waals surface area contributed by atoms with E-state index in [-0.39, 0.29) is 30.0 Å². The van der Waals surface area contributed by atoms with Gasteiger partial charge in [0.05, 0.1) is 19.8 Å². The monoisotopic (exact) mass is 552 g/mol. The van der Waals surface area contributed by atoms with E-state index in [1.165, 1.54) is 29.5 Å². The van der Waals surface area contributed by atoms with Gasteiger partial charge in [-0.2, -0.15) is 0 Å². The van der Waals surface area contributed by atoms with Gasteiger partial charge in [-0.3, -0.25) is 9.89 Å². The van der Waals surface area contributed by atoms with Crippen molar-refractivity contribution in [2.75, 3.05) is 40.4 Å². The average Bonchev–Trinajstić information content (AvgIpc) is 3.35. The van der Waals surface area contributed by atoms with Crippen LogP contribution in [0.2, 0.25) is 0 Å². The summed E-state index contributed by atoms with van der Waals surface area (Å²) < 4.78 is 10.9. The lowest BCUT2D eigenvalue weighted by Gasteiger charge is -2.29. The molecule has 0 aromatic heterocycles. The standard InChI is InChI=1S/C25H36N4O2.HI/c1-4-31-19-21-12-10-20(11-13-21)17-27-25(26-2)28-18-24(29-14-5-6-15-29)22-8-7-9-23(16-22)30-3;/h7-13,16,24H,4-6,14-15,17-19H2,1-3H3,(H2,26,27,28);1H. The lowest BCUT2D eigenvalue weighted by atomic mass is 10.1. The van der Waals surface area contributed by atoms with Gasteiger partial charge < -0.3 is 20.1 Å². The number of hydrogen-bond acceptors (Lipinski definition) is 4. The first-order chi connectivity index (χ1) is 15.2. The first-order valence-electron chi connectivity index (χ1n) is 11.2. The molecule has 0 saturated carbocycles. The lowest BCUT2D eigenvalue weighted by molar-refractivity contribution is 0.134. The second-order valence-corrected chi connectivity index (χ2v) is 7.80. The zero-order valence-electron chi connectivity index (χ0n) is 19.5. The maximum atomic E-state index is 5.47. The molecule has 1 aliphatic heterocycles. The van der Waals surface area contributed by atoms with Crippen molar-refractivity contribution in [3.63, 3.8) is 0 Å². The number of benzene rings is 2. The zero-order chi connectivity index (χ0) is 21.9. The Morgan fingerprint density at radius 3 is 2.44 bits per heavy atom. The Bertz CT molecular complexity index is 823. The zero-order valence-corrected chi connectivity index (χ0v) is 21.8. The summed E-state index contributed by atoms with van der Waals surface area (Å²) >= 11 is 0. The second-order valence-electron chi connectivity index (χ2n) is 7.80. The SMILES string of the molecule is CCOCc1ccc(CNC(=NC)NCC(c2cccc(OC)c2)N2CCCC2)cc1.I. The van der Waals surface area contributed by atoms with Gasteiger partial charge in [-0.25, -0.2) is 0 Å². The minimum Gasteiger partial charge on any atom is -0.497 e. The predicted octanol–water partition coefficient (Wildman–Crippen LogP) is 4.35. The number of ether oxygens (including phenoxy) is 2. The number of guanidine groups is 1. The predicted molar refractivity (Wildman–Crippen MR) is 142 cm³/mol. The molecule has 0 radical (unpaired) electrons. The van der Waals surface area contributed by atoms with Crippen LogP contribution in [0.15, 0.2) is 53.5 Å². The lowest BCUT2D eigenvalue weighted by Crippen LogP contribution is -2.42. The van der Waals surface area contributed by atoms with Gasteiger partial charge in [-0.15, -0.1) is 24.0 Å². The van der Waals surface area contributed by atoms with Crippen LogP contribution in [0.25, 0.3) is 0 Å². The molecule has 176 valence electrons. The number of halogens is 1. The van der Waals surface area contributed by atoms with Gasteiger partial charge in [0.15, 0.2) is 5.96 Å². The first kappa shape index (κ1) is 26.4. The molecule has 32 heavy (non-hydrogen) atoms. The van der Waals surface area contributed by atoms with Crippen LogP contribution < -0.4 is 15.4 Å². The van der Waals surface area contributed by atoms with E-state index in [2.05, 4.69) is 63.0 Å². The Labute approximate surface area is 209 Å². The number of aliphatic imine (C=N–C) groups is 1.